The summed E-state index contributed by atoms with van der Waals surface area (Å²) >= 11 is 0. The third kappa shape index (κ3) is 4.22. The second kappa shape index (κ2) is 8.31. The Balaban J connectivity index is 1.77. The fraction of sp³-hybridized carbons (Fsp3) is 0.474. The van der Waals surface area contributed by atoms with Crippen molar-refractivity contribution >= 4 is 28.5 Å². The molecule has 1 aromatic carbocycles. The lowest BCUT2D eigenvalue weighted by Gasteiger charge is -2.23. The zero-order valence-electron chi connectivity index (χ0n) is 15.0. The maximum absolute atomic E-state index is 13.7. The Bertz CT molecular complexity index is 797. The van der Waals surface area contributed by atoms with Crippen molar-refractivity contribution in [3.63, 3.8) is 0 Å². The van der Waals surface area contributed by atoms with Crippen LogP contribution in [-0.4, -0.2) is 43.1 Å². The number of benzene rings is 1. The SMILES string of the molecule is CCOC(=O)c1[nH]c2ccc(F)cc2c1NC(=O)CC[NH+]1CCCCC1. The monoisotopic (exact) mass is 362 g/mol. The molecule has 0 spiro atoms. The van der Waals surface area contributed by atoms with Gasteiger partial charge in [-0.2, -0.15) is 0 Å². The van der Waals surface area contributed by atoms with Gasteiger partial charge in [-0.05, 0) is 44.4 Å². The number of nitrogens with one attached hydrogen (secondary N) is 3. The molecular formula is C19H25FN3O3+. The maximum atomic E-state index is 13.7. The van der Waals surface area contributed by atoms with Gasteiger partial charge in [0.15, 0.2) is 0 Å². The molecule has 0 saturated carbocycles. The predicted octanol–water partition coefficient (Wildman–Crippen LogP) is 1.88. The van der Waals surface area contributed by atoms with Gasteiger partial charge in [0, 0.05) is 10.9 Å². The molecular weight excluding hydrogens is 337 g/mol. The van der Waals surface area contributed by atoms with E-state index in [1.807, 2.05) is 0 Å². The number of aromatic nitrogens is 1. The number of likely N-dealkylation sites (tertiary alicyclic amines) is 1. The zero-order chi connectivity index (χ0) is 18.5. The van der Waals surface area contributed by atoms with E-state index in [0.29, 0.717) is 17.3 Å². The number of quaternary nitrogens is 1. The number of piperidine rings is 1. The number of carbonyl (C=O) groups is 2. The Morgan fingerprint density at radius 2 is 2.04 bits per heavy atom. The Kier molecular flexibility index (Phi) is 5.88. The molecule has 7 heteroatoms. The number of carbonyl (C=O) groups excluding carboxylic acids is 2. The van der Waals surface area contributed by atoms with Crippen LogP contribution in [0.25, 0.3) is 10.9 Å². The topological polar surface area (TPSA) is 75.6 Å². The molecule has 1 aliphatic heterocycles. The highest BCUT2D eigenvalue weighted by atomic mass is 19.1. The average molecular weight is 362 g/mol. The molecule has 0 radical (unpaired) electrons. The van der Waals surface area contributed by atoms with E-state index in [2.05, 4.69) is 10.3 Å². The van der Waals surface area contributed by atoms with E-state index in [1.54, 1.807) is 13.0 Å². The standard InChI is InChI=1S/C19H24FN3O3/c1-2-26-19(25)18-17(14-12-13(20)6-7-15(14)21-18)22-16(24)8-11-23-9-4-3-5-10-23/h6-7,12,21H,2-5,8-11H2,1H3,(H,22,24)/p+1. The molecule has 0 bridgehead atoms. The second-order valence-corrected chi connectivity index (χ2v) is 6.64. The van der Waals surface area contributed by atoms with Crippen molar-refractivity contribution in [1.29, 1.82) is 0 Å². The summed E-state index contributed by atoms with van der Waals surface area (Å²) in [5.74, 6) is -1.18. The van der Waals surface area contributed by atoms with Crippen LogP contribution in [-0.2, 0) is 9.53 Å². The summed E-state index contributed by atoms with van der Waals surface area (Å²) in [5, 5.41) is 3.25. The predicted molar refractivity (Wildman–Crippen MR) is 96.9 cm³/mol. The van der Waals surface area contributed by atoms with Crippen LogP contribution in [0.4, 0.5) is 10.1 Å². The van der Waals surface area contributed by atoms with Crippen LogP contribution in [0.3, 0.4) is 0 Å². The molecule has 3 rings (SSSR count). The van der Waals surface area contributed by atoms with Crippen LogP contribution >= 0.6 is 0 Å². The Labute approximate surface area is 151 Å². The quantitative estimate of drug-likeness (QED) is 0.687. The van der Waals surface area contributed by atoms with Gasteiger partial charge in [-0.15, -0.1) is 0 Å². The lowest BCUT2D eigenvalue weighted by molar-refractivity contribution is -0.904. The normalized spacial score (nSPS) is 15.2. The largest absolute Gasteiger partial charge is 0.461 e. The van der Waals surface area contributed by atoms with E-state index in [4.69, 9.17) is 4.74 Å². The van der Waals surface area contributed by atoms with Gasteiger partial charge >= 0.3 is 5.97 Å². The number of esters is 1. The number of hydrogen-bond acceptors (Lipinski definition) is 3. The van der Waals surface area contributed by atoms with Crippen LogP contribution < -0.4 is 10.2 Å². The van der Waals surface area contributed by atoms with Crippen LogP contribution in [0.5, 0.6) is 0 Å². The summed E-state index contributed by atoms with van der Waals surface area (Å²) in [6, 6.07) is 4.15. The van der Waals surface area contributed by atoms with Gasteiger partial charge < -0.3 is 19.9 Å². The number of rotatable bonds is 6. The molecule has 6 nitrogen and oxygen atoms in total. The molecule has 26 heavy (non-hydrogen) atoms. The number of H-pyrrole nitrogens is 1. The van der Waals surface area contributed by atoms with Gasteiger partial charge in [0.05, 0.1) is 38.3 Å². The third-order valence-corrected chi connectivity index (χ3v) is 4.77. The minimum atomic E-state index is -0.568. The van der Waals surface area contributed by atoms with Crippen molar-refractivity contribution in [2.45, 2.75) is 32.6 Å². The first-order chi connectivity index (χ1) is 12.6. The van der Waals surface area contributed by atoms with Crippen molar-refractivity contribution in [1.82, 2.24) is 4.98 Å². The minimum absolute atomic E-state index is 0.145. The smallest absolute Gasteiger partial charge is 0.356 e. The molecule has 0 aliphatic carbocycles. The fourth-order valence-electron chi connectivity index (χ4n) is 3.44. The molecule has 1 amide bonds. The number of hydrogen-bond donors (Lipinski definition) is 3. The first-order valence-corrected chi connectivity index (χ1v) is 9.20. The summed E-state index contributed by atoms with van der Waals surface area (Å²) in [6.07, 6.45) is 4.02. The van der Waals surface area contributed by atoms with E-state index in [1.165, 1.54) is 36.3 Å². The van der Waals surface area contributed by atoms with Crippen molar-refractivity contribution in [3.05, 3.63) is 29.7 Å². The fourth-order valence-corrected chi connectivity index (χ4v) is 3.44. The van der Waals surface area contributed by atoms with E-state index in [-0.39, 0.29) is 23.9 Å². The highest BCUT2D eigenvalue weighted by Crippen LogP contribution is 2.29. The van der Waals surface area contributed by atoms with Crippen molar-refractivity contribution < 1.29 is 23.6 Å². The number of fused-ring (bicyclic) bond motifs is 1. The van der Waals surface area contributed by atoms with Gasteiger partial charge in [0.1, 0.15) is 11.5 Å². The van der Waals surface area contributed by atoms with E-state index >= 15 is 0 Å². The molecule has 2 heterocycles. The summed E-state index contributed by atoms with van der Waals surface area (Å²) in [6.45, 7) is 4.88. The van der Waals surface area contributed by atoms with E-state index < -0.39 is 11.8 Å². The Morgan fingerprint density at radius 1 is 1.27 bits per heavy atom. The summed E-state index contributed by atoms with van der Waals surface area (Å²) < 4.78 is 18.7. The number of aromatic amines is 1. The van der Waals surface area contributed by atoms with Crippen LogP contribution in [0, 0.1) is 5.82 Å². The lowest BCUT2D eigenvalue weighted by atomic mass is 10.1. The van der Waals surface area contributed by atoms with Gasteiger partial charge in [-0.3, -0.25) is 4.79 Å². The highest BCUT2D eigenvalue weighted by Gasteiger charge is 2.22. The lowest BCUT2D eigenvalue weighted by Crippen LogP contribution is -3.12. The van der Waals surface area contributed by atoms with Gasteiger partial charge in [-0.1, -0.05) is 0 Å². The van der Waals surface area contributed by atoms with Crippen LogP contribution in [0.15, 0.2) is 18.2 Å². The maximum Gasteiger partial charge on any atom is 0.356 e. The first-order valence-electron chi connectivity index (χ1n) is 9.20. The Hall–Kier alpha value is -2.41. The molecule has 2 aromatic rings. The molecule has 0 atom stereocenters. The number of anilines is 1. The summed E-state index contributed by atoms with van der Waals surface area (Å²) in [4.78, 5) is 29.0. The van der Waals surface area contributed by atoms with Crippen molar-refractivity contribution in [2.24, 2.45) is 0 Å². The zero-order valence-corrected chi connectivity index (χ0v) is 15.0. The second-order valence-electron chi connectivity index (χ2n) is 6.64. The van der Waals surface area contributed by atoms with Gasteiger partial charge in [-0.25, -0.2) is 9.18 Å². The molecule has 3 N–H and O–H groups in total. The minimum Gasteiger partial charge on any atom is -0.461 e. The van der Waals surface area contributed by atoms with Gasteiger partial charge in [0.2, 0.25) is 5.91 Å². The first kappa shape index (κ1) is 18.4. The molecule has 1 saturated heterocycles. The van der Waals surface area contributed by atoms with E-state index in [9.17, 15) is 14.0 Å². The summed E-state index contributed by atoms with van der Waals surface area (Å²) in [7, 11) is 0. The third-order valence-electron chi connectivity index (χ3n) is 4.77. The van der Waals surface area contributed by atoms with E-state index in [0.717, 1.165) is 19.6 Å². The average Bonchev–Trinajstić information content (AvgIpc) is 2.99. The summed E-state index contributed by atoms with van der Waals surface area (Å²) in [5.41, 5.74) is 1.01. The van der Waals surface area contributed by atoms with Gasteiger partial charge in [0.25, 0.3) is 0 Å². The van der Waals surface area contributed by atoms with Crippen molar-refractivity contribution in [3.8, 4) is 0 Å². The number of halogens is 1. The molecule has 1 aromatic heterocycles. The number of ether oxygens (including phenoxy) is 1. The van der Waals surface area contributed by atoms with Crippen LogP contribution in [0.1, 0.15) is 43.1 Å². The van der Waals surface area contributed by atoms with Crippen molar-refractivity contribution in [2.75, 3.05) is 31.6 Å². The van der Waals surface area contributed by atoms with Crippen LogP contribution in [0.2, 0.25) is 0 Å². The molecule has 1 aliphatic rings. The molecule has 1 fully saturated rings. The number of amides is 1. The highest BCUT2D eigenvalue weighted by molar-refractivity contribution is 6.10. The molecule has 0 unspecified atom stereocenters. The Morgan fingerprint density at radius 3 is 2.77 bits per heavy atom. The molecule has 140 valence electrons.